The van der Waals surface area contributed by atoms with E-state index in [-0.39, 0.29) is 10.7 Å². The van der Waals surface area contributed by atoms with Crippen molar-refractivity contribution in [2.75, 3.05) is 5.43 Å². The standard InChI is InChI=1S/C6H5BrClFN2/c7-3-1-2-4(11-10)6(9)5(3)8/h1-2,11H,10H2. The third-order valence-corrected chi connectivity index (χ3v) is 2.45. The van der Waals surface area contributed by atoms with Crippen LogP contribution in [0.2, 0.25) is 5.02 Å². The monoisotopic (exact) mass is 238 g/mol. The Balaban J connectivity index is 3.25. The second-order valence-electron chi connectivity index (χ2n) is 1.87. The van der Waals surface area contributed by atoms with E-state index in [2.05, 4.69) is 21.4 Å². The van der Waals surface area contributed by atoms with Crippen LogP contribution in [0.15, 0.2) is 16.6 Å². The first-order chi connectivity index (χ1) is 5.16. The van der Waals surface area contributed by atoms with E-state index in [1.807, 2.05) is 0 Å². The summed E-state index contributed by atoms with van der Waals surface area (Å²) < 4.78 is 13.5. The van der Waals surface area contributed by atoms with Crippen molar-refractivity contribution in [1.82, 2.24) is 0 Å². The van der Waals surface area contributed by atoms with Crippen LogP contribution < -0.4 is 11.3 Å². The largest absolute Gasteiger partial charge is 0.321 e. The van der Waals surface area contributed by atoms with Crippen LogP contribution in [0.4, 0.5) is 10.1 Å². The number of anilines is 1. The number of nitrogen functional groups attached to an aromatic ring is 1. The molecule has 0 aromatic heterocycles. The zero-order valence-electron chi connectivity index (χ0n) is 5.37. The molecule has 0 atom stereocenters. The smallest absolute Gasteiger partial charge is 0.167 e. The number of nitrogens with one attached hydrogen (secondary N) is 1. The number of hydrogen-bond donors (Lipinski definition) is 2. The maximum Gasteiger partial charge on any atom is 0.167 e. The van der Waals surface area contributed by atoms with Crippen LogP contribution >= 0.6 is 27.5 Å². The minimum absolute atomic E-state index is 0.0282. The molecule has 0 spiro atoms. The van der Waals surface area contributed by atoms with Crippen molar-refractivity contribution < 1.29 is 4.39 Å². The van der Waals surface area contributed by atoms with Gasteiger partial charge in [0.1, 0.15) is 0 Å². The molecule has 0 fully saturated rings. The van der Waals surface area contributed by atoms with Crippen molar-refractivity contribution >= 4 is 33.2 Å². The van der Waals surface area contributed by atoms with Gasteiger partial charge in [0.05, 0.1) is 10.7 Å². The van der Waals surface area contributed by atoms with Crippen molar-refractivity contribution in [3.8, 4) is 0 Å². The Morgan fingerprint density at radius 3 is 2.73 bits per heavy atom. The van der Waals surface area contributed by atoms with Gasteiger partial charge in [-0.15, -0.1) is 0 Å². The number of rotatable bonds is 1. The van der Waals surface area contributed by atoms with E-state index < -0.39 is 5.82 Å². The van der Waals surface area contributed by atoms with Gasteiger partial charge in [-0.25, -0.2) is 4.39 Å². The lowest BCUT2D eigenvalue weighted by atomic mass is 10.3. The summed E-state index contributed by atoms with van der Waals surface area (Å²) in [5.41, 5.74) is 2.36. The van der Waals surface area contributed by atoms with Crippen molar-refractivity contribution in [2.24, 2.45) is 5.84 Å². The number of halogens is 3. The fourth-order valence-electron chi connectivity index (χ4n) is 0.637. The summed E-state index contributed by atoms with van der Waals surface area (Å²) in [4.78, 5) is 0. The Labute approximate surface area is 76.6 Å². The van der Waals surface area contributed by atoms with Gasteiger partial charge in [0.15, 0.2) is 5.82 Å². The summed E-state index contributed by atoms with van der Waals surface area (Å²) in [7, 11) is 0. The summed E-state index contributed by atoms with van der Waals surface area (Å²) in [5, 5.41) is 0.0282. The van der Waals surface area contributed by atoms with Crippen molar-refractivity contribution in [2.45, 2.75) is 0 Å². The molecule has 1 aromatic rings. The van der Waals surface area contributed by atoms with E-state index in [1.54, 1.807) is 6.07 Å². The number of benzene rings is 1. The normalized spacial score (nSPS) is 9.82. The molecule has 0 saturated carbocycles. The molecule has 11 heavy (non-hydrogen) atoms. The Morgan fingerprint density at radius 1 is 1.55 bits per heavy atom. The van der Waals surface area contributed by atoms with Crippen molar-refractivity contribution in [3.05, 3.63) is 27.4 Å². The molecule has 0 aliphatic carbocycles. The van der Waals surface area contributed by atoms with Gasteiger partial charge >= 0.3 is 0 Å². The maximum atomic E-state index is 13.0. The Kier molecular flexibility index (Phi) is 2.70. The first kappa shape index (κ1) is 8.77. The molecule has 0 bridgehead atoms. The zero-order chi connectivity index (χ0) is 8.43. The molecule has 0 saturated heterocycles. The lowest BCUT2D eigenvalue weighted by Crippen LogP contribution is -2.08. The van der Waals surface area contributed by atoms with Crippen molar-refractivity contribution in [3.63, 3.8) is 0 Å². The van der Waals surface area contributed by atoms with Crippen LogP contribution in [0.5, 0.6) is 0 Å². The summed E-state index contributed by atoms with van der Waals surface area (Å²) in [5.74, 6) is 4.45. The minimum atomic E-state index is -0.552. The first-order valence-corrected chi connectivity index (χ1v) is 3.94. The van der Waals surface area contributed by atoms with E-state index in [1.165, 1.54) is 6.07 Å². The van der Waals surface area contributed by atoms with Crippen LogP contribution in [0.3, 0.4) is 0 Å². The zero-order valence-corrected chi connectivity index (χ0v) is 7.71. The summed E-state index contributed by atoms with van der Waals surface area (Å²) in [6.07, 6.45) is 0. The topological polar surface area (TPSA) is 38.0 Å². The van der Waals surface area contributed by atoms with Gasteiger partial charge in [-0.1, -0.05) is 11.6 Å². The molecule has 0 radical (unpaired) electrons. The molecule has 1 aromatic carbocycles. The lowest BCUT2D eigenvalue weighted by Gasteiger charge is -2.03. The second kappa shape index (κ2) is 3.38. The predicted molar refractivity (Wildman–Crippen MR) is 46.9 cm³/mol. The minimum Gasteiger partial charge on any atom is -0.321 e. The Bertz CT molecular complexity index is 280. The highest BCUT2D eigenvalue weighted by Crippen LogP contribution is 2.29. The average Bonchev–Trinajstić information content (AvgIpc) is 2.01. The fraction of sp³-hybridized carbons (Fsp3) is 0. The lowest BCUT2D eigenvalue weighted by molar-refractivity contribution is 0.630. The molecule has 0 unspecified atom stereocenters. The van der Waals surface area contributed by atoms with Crippen LogP contribution in [0.1, 0.15) is 0 Å². The van der Waals surface area contributed by atoms with Gasteiger partial charge in [0.2, 0.25) is 0 Å². The molecule has 3 N–H and O–H groups in total. The van der Waals surface area contributed by atoms with Crippen LogP contribution in [0.25, 0.3) is 0 Å². The van der Waals surface area contributed by atoms with E-state index in [0.29, 0.717) is 4.47 Å². The molecular weight excluding hydrogens is 234 g/mol. The Hall–Kier alpha value is -0.320. The van der Waals surface area contributed by atoms with Gasteiger partial charge < -0.3 is 5.43 Å². The van der Waals surface area contributed by atoms with E-state index in [0.717, 1.165) is 0 Å². The van der Waals surface area contributed by atoms with E-state index in [9.17, 15) is 4.39 Å². The van der Waals surface area contributed by atoms with Gasteiger partial charge in [-0.05, 0) is 28.1 Å². The molecular formula is C6H5BrClFN2. The second-order valence-corrected chi connectivity index (χ2v) is 3.10. The van der Waals surface area contributed by atoms with Gasteiger partial charge in [-0.2, -0.15) is 0 Å². The van der Waals surface area contributed by atoms with Crippen LogP contribution in [0, 0.1) is 5.82 Å². The molecule has 0 aliphatic heterocycles. The van der Waals surface area contributed by atoms with Crippen molar-refractivity contribution in [1.29, 1.82) is 0 Å². The van der Waals surface area contributed by atoms with E-state index in [4.69, 9.17) is 17.4 Å². The fourth-order valence-corrected chi connectivity index (χ4v) is 1.11. The number of hydrazine groups is 1. The van der Waals surface area contributed by atoms with Crippen LogP contribution in [-0.2, 0) is 0 Å². The predicted octanol–water partition coefficient (Wildman–Crippen LogP) is 2.53. The molecule has 0 aliphatic rings. The molecule has 0 amide bonds. The number of nitrogens with two attached hydrogens (primary N) is 1. The third-order valence-electron chi connectivity index (χ3n) is 1.19. The third kappa shape index (κ3) is 1.64. The average molecular weight is 239 g/mol. The molecule has 60 valence electrons. The quantitative estimate of drug-likeness (QED) is 0.449. The molecule has 0 heterocycles. The van der Waals surface area contributed by atoms with E-state index >= 15 is 0 Å². The molecule has 5 heteroatoms. The van der Waals surface area contributed by atoms with Gasteiger partial charge in [-0.3, -0.25) is 5.84 Å². The number of hydrogen-bond acceptors (Lipinski definition) is 2. The maximum absolute atomic E-state index is 13.0. The Morgan fingerprint density at radius 2 is 2.18 bits per heavy atom. The van der Waals surface area contributed by atoms with Crippen LogP contribution in [-0.4, -0.2) is 0 Å². The van der Waals surface area contributed by atoms with Gasteiger partial charge in [0, 0.05) is 4.47 Å². The highest BCUT2D eigenvalue weighted by atomic mass is 79.9. The summed E-state index contributed by atoms with van der Waals surface area (Å²) in [6, 6.07) is 3.10. The highest BCUT2D eigenvalue weighted by molar-refractivity contribution is 9.10. The highest BCUT2D eigenvalue weighted by Gasteiger charge is 2.07. The SMILES string of the molecule is NNc1ccc(Br)c(Cl)c1F. The molecule has 2 nitrogen and oxygen atoms in total. The van der Waals surface area contributed by atoms with Gasteiger partial charge in [0.25, 0.3) is 0 Å². The first-order valence-electron chi connectivity index (χ1n) is 2.77. The summed E-state index contributed by atoms with van der Waals surface area (Å²) in [6.45, 7) is 0. The summed E-state index contributed by atoms with van der Waals surface area (Å²) >= 11 is 8.61. The molecule has 1 rings (SSSR count).